The van der Waals surface area contributed by atoms with Crippen LogP contribution in [0.5, 0.6) is 0 Å². The van der Waals surface area contributed by atoms with Crippen LogP contribution in [0.15, 0.2) is 0 Å². The van der Waals surface area contributed by atoms with E-state index in [0.717, 1.165) is 51.6 Å². The van der Waals surface area contributed by atoms with E-state index in [1.807, 2.05) is 4.90 Å². The van der Waals surface area contributed by atoms with Crippen LogP contribution in [0.1, 0.15) is 45.4 Å². The van der Waals surface area contributed by atoms with Crippen molar-refractivity contribution in [3.63, 3.8) is 0 Å². The third kappa shape index (κ3) is 3.29. The van der Waals surface area contributed by atoms with E-state index in [4.69, 9.17) is 5.73 Å². The predicted molar refractivity (Wildman–Crippen MR) is 56.8 cm³/mol. The van der Waals surface area contributed by atoms with Gasteiger partial charge in [0, 0.05) is 13.1 Å². The van der Waals surface area contributed by atoms with Gasteiger partial charge in [0.15, 0.2) is 0 Å². The van der Waals surface area contributed by atoms with Crippen LogP contribution in [0.25, 0.3) is 0 Å². The summed E-state index contributed by atoms with van der Waals surface area (Å²) in [7, 11) is 0. The summed E-state index contributed by atoms with van der Waals surface area (Å²) < 4.78 is 0. The molecule has 0 aromatic carbocycles. The number of unbranched alkanes of at least 4 members (excludes halogenated alkanes) is 2. The van der Waals surface area contributed by atoms with Gasteiger partial charge in [0.2, 0.25) is 5.91 Å². The smallest absolute Gasteiger partial charge is 0.241 e. The standard InChI is InChI=1S/C11H21N2O/c1-2-3-4-7-10(12)11(14)13-8-5-6-9-13/h10,12H,2-9H2,1H3. The Hall–Kier alpha value is -0.570. The number of rotatable bonds is 5. The second-order valence-corrected chi connectivity index (χ2v) is 4.08. The summed E-state index contributed by atoms with van der Waals surface area (Å²) in [6, 6.07) is -0.500. The molecule has 1 fully saturated rings. The second kappa shape index (κ2) is 6.02. The minimum Gasteiger partial charge on any atom is -0.341 e. The molecule has 1 aliphatic rings. The Morgan fingerprint density at radius 1 is 1.36 bits per heavy atom. The normalized spacial score (nSPS) is 18.6. The van der Waals surface area contributed by atoms with Gasteiger partial charge in [-0.3, -0.25) is 4.79 Å². The summed E-state index contributed by atoms with van der Waals surface area (Å²) in [5.41, 5.74) is 7.73. The SMILES string of the molecule is CCCCCC([NH])C(=O)N1CCCC1. The Morgan fingerprint density at radius 3 is 2.57 bits per heavy atom. The average Bonchev–Trinajstić information content (AvgIpc) is 2.69. The molecule has 81 valence electrons. The minimum atomic E-state index is -0.500. The Morgan fingerprint density at radius 2 is 2.00 bits per heavy atom. The van der Waals surface area contributed by atoms with Crippen LogP contribution in [-0.4, -0.2) is 29.9 Å². The zero-order valence-corrected chi connectivity index (χ0v) is 9.09. The quantitative estimate of drug-likeness (QED) is 0.620. The molecule has 14 heavy (non-hydrogen) atoms. The van der Waals surface area contributed by atoms with E-state index in [9.17, 15) is 4.79 Å². The molecule has 1 radical (unpaired) electrons. The van der Waals surface area contributed by atoms with Gasteiger partial charge in [0.25, 0.3) is 0 Å². The summed E-state index contributed by atoms with van der Waals surface area (Å²) in [5.74, 6) is 0.0543. The van der Waals surface area contributed by atoms with Crippen molar-refractivity contribution < 1.29 is 4.79 Å². The number of nitrogens with one attached hydrogen (secondary N) is 1. The first-order valence-corrected chi connectivity index (χ1v) is 5.75. The fourth-order valence-corrected chi connectivity index (χ4v) is 1.88. The molecular weight excluding hydrogens is 176 g/mol. The van der Waals surface area contributed by atoms with E-state index in [0.29, 0.717) is 0 Å². The first-order valence-electron chi connectivity index (χ1n) is 5.75. The van der Waals surface area contributed by atoms with Gasteiger partial charge in [-0.15, -0.1) is 0 Å². The van der Waals surface area contributed by atoms with Crippen LogP contribution < -0.4 is 5.73 Å². The monoisotopic (exact) mass is 197 g/mol. The van der Waals surface area contributed by atoms with E-state index in [1.165, 1.54) is 0 Å². The van der Waals surface area contributed by atoms with Crippen LogP contribution >= 0.6 is 0 Å². The third-order valence-corrected chi connectivity index (χ3v) is 2.81. The van der Waals surface area contributed by atoms with E-state index in [1.54, 1.807) is 0 Å². The van der Waals surface area contributed by atoms with Gasteiger partial charge in [0.1, 0.15) is 6.04 Å². The van der Waals surface area contributed by atoms with E-state index < -0.39 is 6.04 Å². The molecular formula is C11H21N2O. The number of carbonyl (C=O) groups excluding carboxylic acids is 1. The zero-order valence-electron chi connectivity index (χ0n) is 9.09. The van der Waals surface area contributed by atoms with E-state index >= 15 is 0 Å². The maximum atomic E-state index is 11.7. The first kappa shape index (κ1) is 11.5. The molecule has 1 unspecified atom stereocenters. The number of hydrogen-bond donors (Lipinski definition) is 0. The van der Waals surface area contributed by atoms with E-state index in [2.05, 4.69) is 6.92 Å². The predicted octanol–water partition coefficient (Wildman–Crippen LogP) is 1.84. The molecule has 1 aliphatic heterocycles. The zero-order chi connectivity index (χ0) is 10.4. The van der Waals surface area contributed by atoms with Crippen molar-refractivity contribution in [2.24, 2.45) is 0 Å². The first-order chi connectivity index (χ1) is 6.75. The number of nitrogens with zero attached hydrogens (tertiary/aromatic N) is 1. The topological polar surface area (TPSA) is 44.1 Å². The number of amides is 1. The molecule has 1 rings (SSSR count). The van der Waals surface area contributed by atoms with Crippen molar-refractivity contribution in [2.75, 3.05) is 13.1 Å². The Bertz CT molecular complexity index is 176. The molecule has 1 atom stereocenters. The van der Waals surface area contributed by atoms with Crippen LogP contribution in [0.4, 0.5) is 0 Å². The van der Waals surface area contributed by atoms with Crippen LogP contribution in [0, 0.1) is 0 Å². The van der Waals surface area contributed by atoms with Crippen molar-refractivity contribution in [2.45, 2.75) is 51.5 Å². The molecule has 1 N–H and O–H groups in total. The molecule has 3 heteroatoms. The Kier molecular flexibility index (Phi) is 4.94. The van der Waals surface area contributed by atoms with Crippen molar-refractivity contribution >= 4 is 5.91 Å². The summed E-state index contributed by atoms with van der Waals surface area (Å²) in [4.78, 5) is 13.5. The van der Waals surface area contributed by atoms with Gasteiger partial charge < -0.3 is 4.90 Å². The lowest BCUT2D eigenvalue weighted by Crippen LogP contribution is -2.37. The molecule has 1 amide bonds. The molecule has 1 saturated heterocycles. The van der Waals surface area contributed by atoms with Crippen molar-refractivity contribution in [1.82, 2.24) is 10.6 Å². The van der Waals surface area contributed by atoms with Gasteiger partial charge in [-0.1, -0.05) is 26.2 Å². The van der Waals surface area contributed by atoms with Crippen molar-refractivity contribution in [3.8, 4) is 0 Å². The molecule has 0 aromatic heterocycles. The maximum absolute atomic E-state index is 11.7. The highest BCUT2D eigenvalue weighted by Crippen LogP contribution is 2.11. The van der Waals surface area contributed by atoms with Gasteiger partial charge in [-0.2, -0.15) is 0 Å². The highest BCUT2D eigenvalue weighted by molar-refractivity contribution is 5.81. The number of carbonyl (C=O) groups is 1. The lowest BCUT2D eigenvalue weighted by Gasteiger charge is -2.19. The maximum Gasteiger partial charge on any atom is 0.241 e. The summed E-state index contributed by atoms with van der Waals surface area (Å²) >= 11 is 0. The largest absolute Gasteiger partial charge is 0.341 e. The molecule has 0 spiro atoms. The summed E-state index contributed by atoms with van der Waals surface area (Å²) in [5, 5.41) is 0. The second-order valence-electron chi connectivity index (χ2n) is 4.08. The highest BCUT2D eigenvalue weighted by atomic mass is 16.2. The Labute approximate surface area is 86.6 Å². The molecule has 0 aliphatic carbocycles. The summed E-state index contributed by atoms with van der Waals surface area (Å²) in [6.45, 7) is 3.89. The summed E-state index contributed by atoms with van der Waals surface area (Å²) in [6.07, 6.45) is 6.29. The van der Waals surface area contributed by atoms with Gasteiger partial charge >= 0.3 is 0 Å². The fourth-order valence-electron chi connectivity index (χ4n) is 1.88. The van der Waals surface area contributed by atoms with Crippen LogP contribution in [-0.2, 0) is 4.79 Å². The lowest BCUT2D eigenvalue weighted by atomic mass is 10.1. The van der Waals surface area contributed by atoms with E-state index in [-0.39, 0.29) is 5.91 Å². The average molecular weight is 197 g/mol. The third-order valence-electron chi connectivity index (χ3n) is 2.81. The lowest BCUT2D eigenvalue weighted by molar-refractivity contribution is -0.131. The molecule has 0 bridgehead atoms. The minimum absolute atomic E-state index is 0.0543. The van der Waals surface area contributed by atoms with Crippen LogP contribution in [0.2, 0.25) is 0 Å². The van der Waals surface area contributed by atoms with Crippen LogP contribution in [0.3, 0.4) is 0 Å². The molecule has 1 heterocycles. The van der Waals surface area contributed by atoms with Gasteiger partial charge in [-0.05, 0) is 19.3 Å². The molecule has 3 nitrogen and oxygen atoms in total. The van der Waals surface area contributed by atoms with Crippen molar-refractivity contribution in [3.05, 3.63) is 0 Å². The number of hydrogen-bond acceptors (Lipinski definition) is 1. The Balaban J connectivity index is 2.21. The fraction of sp³-hybridized carbons (Fsp3) is 0.909. The number of likely N-dealkylation sites (tertiary alicyclic amines) is 1. The molecule has 0 aromatic rings. The molecule has 0 saturated carbocycles. The van der Waals surface area contributed by atoms with Gasteiger partial charge in [0.05, 0.1) is 0 Å². The van der Waals surface area contributed by atoms with Gasteiger partial charge in [-0.25, -0.2) is 5.73 Å². The highest BCUT2D eigenvalue weighted by Gasteiger charge is 2.23. The van der Waals surface area contributed by atoms with Crippen molar-refractivity contribution in [1.29, 1.82) is 0 Å².